The van der Waals surface area contributed by atoms with Gasteiger partial charge in [-0.1, -0.05) is 12.1 Å². The highest BCUT2D eigenvalue weighted by Crippen LogP contribution is 2.30. The van der Waals surface area contributed by atoms with E-state index in [4.69, 9.17) is 15.7 Å². The number of carbonyl (C=O) groups excluding carboxylic acids is 1. The number of carbonyl (C=O) groups is 1. The number of primary amides is 1. The maximum Gasteiger partial charge on any atom is 0.243 e. The minimum Gasteiger partial charge on any atom is -0.370 e. The van der Waals surface area contributed by atoms with Gasteiger partial charge in [0, 0.05) is 12.9 Å². The molecule has 1 heterocycles. The normalized spacial score (nSPS) is 19.6. The third kappa shape index (κ3) is 2.95. The number of hydrogen-bond acceptors (Lipinski definition) is 5. The number of thioether (sulfide) groups is 1. The summed E-state index contributed by atoms with van der Waals surface area (Å²) in [6.45, 7) is 0. The van der Waals surface area contributed by atoms with Crippen LogP contribution in [0.2, 0.25) is 0 Å². The first-order chi connectivity index (χ1) is 9.15. The lowest BCUT2D eigenvalue weighted by molar-refractivity contribution is -0.118. The lowest BCUT2D eigenvalue weighted by Crippen LogP contribution is -2.26. The summed E-state index contributed by atoms with van der Waals surface area (Å²) in [7, 11) is 1.59. The SMILES string of the molecule is COC(C1=NC(C(N)=O)CS1)c1ccc(C#N)cc1. The summed E-state index contributed by atoms with van der Waals surface area (Å²) in [6.07, 6.45) is -0.318. The van der Waals surface area contributed by atoms with Crippen molar-refractivity contribution in [3.8, 4) is 6.07 Å². The lowest BCUT2D eigenvalue weighted by atomic mass is 10.1. The molecule has 2 atom stereocenters. The average Bonchev–Trinajstić information content (AvgIpc) is 2.90. The molecule has 0 spiro atoms. The molecular formula is C13H13N3O2S. The van der Waals surface area contributed by atoms with Gasteiger partial charge in [0.2, 0.25) is 5.91 Å². The Morgan fingerprint density at radius 3 is 2.74 bits per heavy atom. The van der Waals surface area contributed by atoms with E-state index in [1.807, 2.05) is 12.1 Å². The van der Waals surface area contributed by atoms with Crippen molar-refractivity contribution in [3.05, 3.63) is 35.4 Å². The number of nitriles is 1. The molecule has 2 rings (SSSR count). The zero-order valence-corrected chi connectivity index (χ0v) is 11.2. The van der Waals surface area contributed by atoms with E-state index < -0.39 is 11.9 Å². The average molecular weight is 275 g/mol. The monoisotopic (exact) mass is 275 g/mol. The summed E-state index contributed by atoms with van der Waals surface area (Å²) in [5.41, 5.74) is 6.73. The molecule has 2 N–H and O–H groups in total. The topological polar surface area (TPSA) is 88.5 Å². The Kier molecular flexibility index (Phi) is 4.20. The molecule has 0 bridgehead atoms. The first kappa shape index (κ1) is 13.6. The van der Waals surface area contributed by atoms with E-state index in [0.29, 0.717) is 11.3 Å². The number of methoxy groups -OCH3 is 1. The second-order valence-electron chi connectivity index (χ2n) is 4.05. The number of ether oxygens (including phenoxy) is 1. The molecule has 1 aromatic carbocycles. The van der Waals surface area contributed by atoms with Gasteiger partial charge in [-0.25, -0.2) is 0 Å². The van der Waals surface area contributed by atoms with E-state index in [1.165, 1.54) is 11.8 Å². The number of rotatable bonds is 4. The van der Waals surface area contributed by atoms with Crippen LogP contribution in [0.15, 0.2) is 29.3 Å². The smallest absolute Gasteiger partial charge is 0.243 e. The van der Waals surface area contributed by atoms with Crippen LogP contribution in [0.4, 0.5) is 0 Å². The summed E-state index contributed by atoms with van der Waals surface area (Å²) >= 11 is 1.48. The van der Waals surface area contributed by atoms with Crippen molar-refractivity contribution in [2.75, 3.05) is 12.9 Å². The third-order valence-electron chi connectivity index (χ3n) is 2.80. The number of aliphatic imine (C=N–C) groups is 1. The summed E-state index contributed by atoms with van der Waals surface area (Å²) < 4.78 is 5.44. The fraction of sp³-hybridized carbons (Fsp3) is 0.308. The van der Waals surface area contributed by atoms with E-state index in [2.05, 4.69) is 11.1 Å². The van der Waals surface area contributed by atoms with E-state index in [1.54, 1.807) is 19.2 Å². The minimum absolute atomic E-state index is 0.318. The molecule has 0 saturated carbocycles. The molecule has 0 radical (unpaired) electrons. The Morgan fingerprint density at radius 2 is 2.26 bits per heavy atom. The first-order valence-corrected chi connectivity index (χ1v) is 6.67. The van der Waals surface area contributed by atoms with Crippen molar-refractivity contribution >= 4 is 22.7 Å². The quantitative estimate of drug-likeness (QED) is 0.895. The van der Waals surface area contributed by atoms with Crippen LogP contribution in [-0.2, 0) is 9.53 Å². The minimum atomic E-state index is -0.476. The van der Waals surface area contributed by atoms with Crippen LogP contribution in [0, 0.1) is 11.3 Å². The van der Waals surface area contributed by atoms with Crippen LogP contribution in [0.5, 0.6) is 0 Å². The fourth-order valence-corrected chi connectivity index (χ4v) is 2.95. The number of benzene rings is 1. The van der Waals surface area contributed by atoms with Gasteiger partial charge in [-0.2, -0.15) is 5.26 Å². The molecule has 0 fully saturated rings. The second-order valence-corrected chi connectivity index (χ2v) is 5.09. The maximum absolute atomic E-state index is 11.1. The standard InChI is InChI=1S/C13H13N3O2S/c1-18-11(9-4-2-8(6-14)3-5-9)13-16-10(7-19-13)12(15)17/h2-5,10-11H,7H2,1H3,(H2,15,17). The Balaban J connectivity index is 2.23. The summed E-state index contributed by atoms with van der Waals surface area (Å²) in [5, 5.41) is 9.52. The van der Waals surface area contributed by atoms with Crippen molar-refractivity contribution < 1.29 is 9.53 Å². The van der Waals surface area contributed by atoms with Gasteiger partial charge in [0.25, 0.3) is 0 Å². The zero-order chi connectivity index (χ0) is 13.8. The Labute approximate surface area is 115 Å². The van der Waals surface area contributed by atoms with Gasteiger partial charge in [0.05, 0.1) is 11.6 Å². The van der Waals surface area contributed by atoms with E-state index in [-0.39, 0.29) is 6.10 Å². The molecular weight excluding hydrogens is 262 g/mol. The van der Waals surface area contributed by atoms with Crippen LogP contribution in [0.1, 0.15) is 17.2 Å². The van der Waals surface area contributed by atoms with Gasteiger partial charge in [-0.15, -0.1) is 11.8 Å². The van der Waals surface area contributed by atoms with Gasteiger partial charge < -0.3 is 10.5 Å². The van der Waals surface area contributed by atoms with Gasteiger partial charge in [0.1, 0.15) is 17.2 Å². The van der Waals surface area contributed by atoms with Crippen LogP contribution in [-0.4, -0.2) is 29.9 Å². The molecule has 1 aromatic rings. The molecule has 98 valence electrons. The molecule has 6 heteroatoms. The van der Waals surface area contributed by atoms with Gasteiger partial charge in [0.15, 0.2) is 0 Å². The van der Waals surface area contributed by atoms with Crippen molar-refractivity contribution in [1.29, 1.82) is 5.26 Å². The molecule has 2 unspecified atom stereocenters. The van der Waals surface area contributed by atoms with Crippen LogP contribution < -0.4 is 5.73 Å². The molecule has 1 amide bonds. The molecule has 0 aromatic heterocycles. The summed E-state index contributed by atoms with van der Waals surface area (Å²) in [4.78, 5) is 15.4. The zero-order valence-electron chi connectivity index (χ0n) is 10.4. The number of hydrogen-bond donors (Lipinski definition) is 1. The molecule has 1 aliphatic heterocycles. The van der Waals surface area contributed by atoms with Crippen molar-refractivity contribution in [1.82, 2.24) is 0 Å². The third-order valence-corrected chi connectivity index (χ3v) is 3.90. The molecule has 0 saturated heterocycles. The molecule has 1 aliphatic rings. The number of nitrogens with two attached hydrogens (primary N) is 1. The molecule has 5 nitrogen and oxygen atoms in total. The highest BCUT2D eigenvalue weighted by molar-refractivity contribution is 8.14. The molecule has 19 heavy (non-hydrogen) atoms. The van der Waals surface area contributed by atoms with E-state index in [9.17, 15) is 4.79 Å². The van der Waals surface area contributed by atoms with E-state index >= 15 is 0 Å². The van der Waals surface area contributed by atoms with Gasteiger partial charge >= 0.3 is 0 Å². The Bertz CT molecular complexity index is 548. The molecule has 0 aliphatic carbocycles. The Hall–Kier alpha value is -1.84. The number of amides is 1. The van der Waals surface area contributed by atoms with Crippen LogP contribution >= 0.6 is 11.8 Å². The fourth-order valence-electron chi connectivity index (χ4n) is 1.79. The van der Waals surface area contributed by atoms with Crippen LogP contribution in [0.3, 0.4) is 0 Å². The number of nitrogens with zero attached hydrogens (tertiary/aromatic N) is 2. The van der Waals surface area contributed by atoms with Gasteiger partial charge in [-0.05, 0) is 17.7 Å². The van der Waals surface area contributed by atoms with Crippen LogP contribution in [0.25, 0.3) is 0 Å². The highest BCUT2D eigenvalue weighted by Gasteiger charge is 2.28. The summed E-state index contributed by atoms with van der Waals surface area (Å²) in [5.74, 6) is 0.137. The van der Waals surface area contributed by atoms with E-state index in [0.717, 1.165) is 10.6 Å². The predicted octanol–water partition coefficient (Wildman–Crippen LogP) is 1.24. The first-order valence-electron chi connectivity index (χ1n) is 5.68. The van der Waals surface area contributed by atoms with Crippen molar-refractivity contribution in [2.24, 2.45) is 10.7 Å². The highest BCUT2D eigenvalue weighted by atomic mass is 32.2. The second kappa shape index (κ2) is 5.87. The predicted molar refractivity (Wildman–Crippen MR) is 73.8 cm³/mol. The summed E-state index contributed by atoms with van der Waals surface area (Å²) in [6, 6.07) is 8.70. The van der Waals surface area contributed by atoms with Crippen molar-refractivity contribution in [3.63, 3.8) is 0 Å². The maximum atomic E-state index is 11.1. The Morgan fingerprint density at radius 1 is 1.58 bits per heavy atom. The van der Waals surface area contributed by atoms with Gasteiger partial charge in [-0.3, -0.25) is 9.79 Å². The van der Waals surface area contributed by atoms with Crippen molar-refractivity contribution in [2.45, 2.75) is 12.1 Å². The lowest BCUT2D eigenvalue weighted by Gasteiger charge is -2.15. The largest absolute Gasteiger partial charge is 0.370 e.